The summed E-state index contributed by atoms with van der Waals surface area (Å²) in [7, 11) is 0. The Morgan fingerprint density at radius 2 is 1.88 bits per heavy atom. The molecule has 0 aliphatic carbocycles. The van der Waals surface area contributed by atoms with Crippen LogP contribution in [0.15, 0.2) is 42.6 Å². The van der Waals surface area contributed by atoms with E-state index in [9.17, 15) is 9.59 Å². The molecule has 3 rings (SSSR count). The van der Waals surface area contributed by atoms with Crippen LogP contribution in [0.2, 0.25) is 0 Å². The molecule has 1 aromatic carbocycles. The number of benzene rings is 1. The number of piperidine rings is 1. The molecule has 0 spiro atoms. The van der Waals surface area contributed by atoms with E-state index in [0.29, 0.717) is 17.9 Å². The largest absolute Gasteiger partial charge is 0.369 e. The summed E-state index contributed by atoms with van der Waals surface area (Å²) in [6.45, 7) is 1.88. The van der Waals surface area contributed by atoms with E-state index in [1.807, 2.05) is 27.8 Å². The fraction of sp³-hybridized carbons (Fsp3) is 0.353. The van der Waals surface area contributed by atoms with E-state index in [1.54, 1.807) is 24.4 Å². The molecule has 2 heterocycles. The van der Waals surface area contributed by atoms with Gasteiger partial charge in [-0.3, -0.25) is 14.5 Å². The molecule has 0 unspecified atom stereocenters. The van der Waals surface area contributed by atoms with Crippen molar-refractivity contribution in [1.82, 2.24) is 14.7 Å². The maximum atomic E-state index is 12.3. The minimum absolute atomic E-state index is 0.150. The average Bonchev–Trinajstić information content (AvgIpc) is 3.04. The van der Waals surface area contributed by atoms with E-state index in [0.717, 1.165) is 25.9 Å². The number of nitrogens with zero attached hydrogens (tertiary/aromatic N) is 3. The smallest absolute Gasteiger partial charge is 0.256 e. The zero-order valence-corrected chi connectivity index (χ0v) is 13.4. The van der Waals surface area contributed by atoms with Crippen molar-refractivity contribution in [3.8, 4) is 0 Å². The molecule has 126 valence electrons. The second kappa shape index (κ2) is 7.27. The molecule has 0 atom stereocenters. The highest BCUT2D eigenvalue weighted by molar-refractivity contribution is 6.03. The van der Waals surface area contributed by atoms with Crippen LogP contribution in [0.5, 0.6) is 0 Å². The molecule has 1 aliphatic rings. The van der Waals surface area contributed by atoms with Gasteiger partial charge in [0, 0.05) is 24.7 Å². The lowest BCUT2D eigenvalue weighted by Crippen LogP contribution is -2.40. The fourth-order valence-electron chi connectivity index (χ4n) is 3.02. The van der Waals surface area contributed by atoms with Gasteiger partial charge in [-0.25, -0.2) is 4.68 Å². The summed E-state index contributed by atoms with van der Waals surface area (Å²) in [6.07, 6.45) is 3.42. The second-order valence-corrected chi connectivity index (χ2v) is 5.95. The first-order valence-electron chi connectivity index (χ1n) is 8.04. The molecule has 3 N–H and O–H groups in total. The van der Waals surface area contributed by atoms with Gasteiger partial charge in [0.05, 0.1) is 18.8 Å². The van der Waals surface area contributed by atoms with Gasteiger partial charge in [-0.2, -0.15) is 5.10 Å². The highest BCUT2D eigenvalue weighted by atomic mass is 16.2. The third-order valence-electron chi connectivity index (χ3n) is 4.23. The third-order valence-corrected chi connectivity index (χ3v) is 4.23. The summed E-state index contributed by atoms with van der Waals surface area (Å²) in [4.78, 5) is 25.4. The summed E-state index contributed by atoms with van der Waals surface area (Å²) in [5, 5.41) is 7.29. The first kappa shape index (κ1) is 16.2. The Bertz CT molecular complexity index is 705. The van der Waals surface area contributed by atoms with Gasteiger partial charge in [-0.15, -0.1) is 0 Å². The molecule has 0 bridgehead atoms. The summed E-state index contributed by atoms with van der Waals surface area (Å²) < 4.78 is 1.86. The number of nitrogens with one attached hydrogen (secondary N) is 1. The second-order valence-electron chi connectivity index (χ2n) is 5.95. The van der Waals surface area contributed by atoms with Crippen molar-refractivity contribution in [2.45, 2.75) is 18.9 Å². The molecule has 24 heavy (non-hydrogen) atoms. The van der Waals surface area contributed by atoms with Crippen molar-refractivity contribution < 1.29 is 9.59 Å². The minimum Gasteiger partial charge on any atom is -0.369 e. The SMILES string of the molecule is NC(=O)CN1CCC(n2nccc2NC(=O)c2ccccc2)CC1. The summed E-state index contributed by atoms with van der Waals surface area (Å²) in [5.41, 5.74) is 5.85. The van der Waals surface area contributed by atoms with Crippen LogP contribution in [0, 0.1) is 0 Å². The van der Waals surface area contributed by atoms with Crippen molar-refractivity contribution in [3.05, 3.63) is 48.2 Å². The van der Waals surface area contributed by atoms with Crippen molar-refractivity contribution in [2.24, 2.45) is 5.73 Å². The monoisotopic (exact) mass is 327 g/mol. The predicted molar refractivity (Wildman–Crippen MR) is 90.5 cm³/mol. The van der Waals surface area contributed by atoms with Crippen LogP contribution in [0.25, 0.3) is 0 Å². The zero-order valence-electron chi connectivity index (χ0n) is 13.4. The predicted octanol–water partition coefficient (Wildman–Crippen LogP) is 1.26. The van der Waals surface area contributed by atoms with E-state index >= 15 is 0 Å². The van der Waals surface area contributed by atoms with Crippen molar-refractivity contribution >= 4 is 17.6 Å². The highest BCUT2D eigenvalue weighted by Crippen LogP contribution is 2.25. The first-order chi connectivity index (χ1) is 11.6. The van der Waals surface area contributed by atoms with Crippen molar-refractivity contribution in [2.75, 3.05) is 25.0 Å². The van der Waals surface area contributed by atoms with Crippen LogP contribution in [0.3, 0.4) is 0 Å². The van der Waals surface area contributed by atoms with Crippen LogP contribution in [-0.2, 0) is 4.79 Å². The molecule has 2 amide bonds. The number of aromatic nitrogens is 2. The Balaban J connectivity index is 1.64. The van der Waals surface area contributed by atoms with Gasteiger partial charge >= 0.3 is 0 Å². The Hall–Kier alpha value is -2.67. The third kappa shape index (κ3) is 3.80. The van der Waals surface area contributed by atoms with Gasteiger partial charge in [0.1, 0.15) is 5.82 Å². The number of carbonyl (C=O) groups excluding carboxylic acids is 2. The summed E-state index contributed by atoms with van der Waals surface area (Å²) in [5.74, 6) is 0.240. The van der Waals surface area contributed by atoms with Gasteiger partial charge in [-0.1, -0.05) is 18.2 Å². The van der Waals surface area contributed by atoms with Crippen LogP contribution < -0.4 is 11.1 Å². The van der Waals surface area contributed by atoms with E-state index in [-0.39, 0.29) is 17.9 Å². The Morgan fingerprint density at radius 3 is 2.54 bits per heavy atom. The van der Waals surface area contributed by atoms with Gasteiger partial charge in [0.25, 0.3) is 5.91 Å². The molecular formula is C17H21N5O2. The lowest BCUT2D eigenvalue weighted by molar-refractivity contribution is -0.119. The number of likely N-dealkylation sites (tertiary alicyclic amines) is 1. The Labute approximate surface area is 140 Å². The quantitative estimate of drug-likeness (QED) is 0.864. The molecule has 2 aromatic rings. The molecule has 7 heteroatoms. The number of hydrogen-bond donors (Lipinski definition) is 2. The van der Waals surface area contributed by atoms with Gasteiger partial charge in [0.2, 0.25) is 5.91 Å². The van der Waals surface area contributed by atoms with Gasteiger partial charge < -0.3 is 11.1 Å². The fourth-order valence-corrected chi connectivity index (χ4v) is 3.02. The lowest BCUT2D eigenvalue weighted by Gasteiger charge is -2.31. The van der Waals surface area contributed by atoms with E-state index in [2.05, 4.69) is 10.4 Å². The van der Waals surface area contributed by atoms with E-state index < -0.39 is 0 Å². The molecule has 0 radical (unpaired) electrons. The molecule has 7 nitrogen and oxygen atoms in total. The van der Waals surface area contributed by atoms with Crippen molar-refractivity contribution in [1.29, 1.82) is 0 Å². The number of primary amides is 1. The maximum Gasteiger partial charge on any atom is 0.256 e. The molecular weight excluding hydrogens is 306 g/mol. The number of anilines is 1. The van der Waals surface area contributed by atoms with E-state index in [4.69, 9.17) is 5.73 Å². The first-order valence-corrected chi connectivity index (χ1v) is 8.04. The zero-order chi connectivity index (χ0) is 16.9. The molecule has 1 aliphatic heterocycles. The lowest BCUT2D eigenvalue weighted by atomic mass is 10.1. The molecule has 0 saturated carbocycles. The minimum atomic E-state index is -0.302. The van der Waals surface area contributed by atoms with Crippen molar-refractivity contribution in [3.63, 3.8) is 0 Å². The summed E-state index contributed by atoms with van der Waals surface area (Å²) >= 11 is 0. The normalized spacial score (nSPS) is 16.0. The maximum absolute atomic E-state index is 12.3. The van der Waals surface area contributed by atoms with Gasteiger partial charge in [-0.05, 0) is 25.0 Å². The molecule has 1 fully saturated rings. The number of rotatable bonds is 5. The van der Waals surface area contributed by atoms with Crippen LogP contribution in [0.4, 0.5) is 5.82 Å². The summed E-state index contributed by atoms with van der Waals surface area (Å²) in [6, 6.07) is 11.1. The van der Waals surface area contributed by atoms with Crippen LogP contribution >= 0.6 is 0 Å². The van der Waals surface area contributed by atoms with Crippen LogP contribution in [0.1, 0.15) is 29.2 Å². The topological polar surface area (TPSA) is 93.2 Å². The highest BCUT2D eigenvalue weighted by Gasteiger charge is 2.23. The number of carbonyl (C=O) groups is 2. The van der Waals surface area contributed by atoms with Crippen LogP contribution in [-0.4, -0.2) is 46.1 Å². The Kier molecular flexibility index (Phi) is 4.90. The Morgan fingerprint density at radius 1 is 1.17 bits per heavy atom. The van der Waals surface area contributed by atoms with Gasteiger partial charge in [0.15, 0.2) is 0 Å². The average molecular weight is 327 g/mol. The van der Waals surface area contributed by atoms with E-state index in [1.165, 1.54) is 0 Å². The standard InChI is InChI=1S/C17H21N5O2/c18-15(23)12-21-10-7-14(8-11-21)22-16(6-9-19-22)20-17(24)13-4-2-1-3-5-13/h1-6,9,14H,7-8,10-12H2,(H2,18,23)(H,20,24). The molecule has 1 saturated heterocycles. The number of nitrogens with two attached hydrogens (primary N) is 1. The number of hydrogen-bond acceptors (Lipinski definition) is 4. The molecule has 1 aromatic heterocycles. The number of amides is 2.